The van der Waals surface area contributed by atoms with Crippen molar-refractivity contribution in [1.29, 1.82) is 0 Å². The Kier molecular flexibility index (Phi) is 9.55. The topological polar surface area (TPSA) is 56.8 Å². The van der Waals surface area contributed by atoms with E-state index in [4.69, 9.17) is 4.74 Å². The third kappa shape index (κ3) is 7.40. The van der Waals surface area contributed by atoms with Crippen LogP contribution in [0.3, 0.4) is 0 Å². The number of alkyl halides is 3. The van der Waals surface area contributed by atoms with Crippen molar-refractivity contribution in [3.8, 4) is 0 Å². The Balaban J connectivity index is 1.59. The van der Waals surface area contributed by atoms with Gasteiger partial charge in [0.25, 0.3) is 0 Å². The summed E-state index contributed by atoms with van der Waals surface area (Å²) in [6.45, 7) is 7.62. The average Bonchev–Trinajstić information content (AvgIpc) is 3.23. The Morgan fingerprint density at radius 2 is 1.88 bits per heavy atom. The van der Waals surface area contributed by atoms with Crippen LogP contribution < -0.4 is 10.6 Å². The molecule has 186 valence electrons. The van der Waals surface area contributed by atoms with Crippen LogP contribution in [-0.4, -0.2) is 80.3 Å². The zero-order chi connectivity index (χ0) is 23.8. The van der Waals surface area contributed by atoms with Crippen molar-refractivity contribution in [1.82, 2.24) is 20.4 Å². The minimum Gasteiger partial charge on any atom is -0.383 e. The standard InChI is InChI=1S/C24H37F3N4O2/c1-3-11-30-12-8-21(9-13-30)31-17-20(15-22(31)23(32)28-10-14-33-2)29-16-18-4-6-19(7-5-18)24(25,26)27/h4-7,20-22,29H,3,8-17H2,1-2H3,(H,28,32)/t20-,22+/m1/s1. The van der Waals surface area contributed by atoms with E-state index in [2.05, 4.69) is 27.4 Å². The molecule has 1 aromatic carbocycles. The highest BCUT2D eigenvalue weighted by Gasteiger charge is 2.41. The molecule has 0 aromatic heterocycles. The largest absolute Gasteiger partial charge is 0.416 e. The minimum absolute atomic E-state index is 0.0295. The van der Waals surface area contributed by atoms with Gasteiger partial charge >= 0.3 is 6.18 Å². The second kappa shape index (κ2) is 12.1. The molecule has 2 N–H and O–H groups in total. The van der Waals surface area contributed by atoms with Crippen LogP contribution in [0.25, 0.3) is 0 Å². The molecule has 33 heavy (non-hydrogen) atoms. The van der Waals surface area contributed by atoms with Crippen molar-refractivity contribution < 1.29 is 22.7 Å². The molecule has 0 bridgehead atoms. The van der Waals surface area contributed by atoms with Gasteiger partial charge in [0, 0.05) is 38.8 Å². The van der Waals surface area contributed by atoms with E-state index in [1.165, 1.54) is 12.1 Å². The Hall–Kier alpha value is -1.68. The molecule has 2 saturated heterocycles. The SMILES string of the molecule is CCCN1CCC(N2C[C@H](NCc3ccc(C(F)(F)F)cc3)C[C@H]2C(=O)NCCOC)CC1. The maximum absolute atomic E-state index is 12.9. The fourth-order valence-corrected chi connectivity index (χ4v) is 4.93. The molecule has 1 amide bonds. The van der Waals surface area contributed by atoms with Crippen LogP contribution in [0.4, 0.5) is 13.2 Å². The summed E-state index contributed by atoms with van der Waals surface area (Å²) in [5.41, 5.74) is 0.163. The fourth-order valence-electron chi connectivity index (χ4n) is 4.93. The number of benzene rings is 1. The number of methoxy groups -OCH3 is 1. The highest BCUT2D eigenvalue weighted by Crippen LogP contribution is 2.30. The lowest BCUT2D eigenvalue weighted by atomic mass is 10.0. The number of hydrogen-bond donors (Lipinski definition) is 2. The van der Waals surface area contributed by atoms with Gasteiger partial charge in [-0.25, -0.2) is 0 Å². The lowest BCUT2D eigenvalue weighted by Gasteiger charge is -2.39. The molecule has 6 nitrogen and oxygen atoms in total. The normalized spacial score (nSPS) is 23.2. The number of hydrogen-bond acceptors (Lipinski definition) is 5. The van der Waals surface area contributed by atoms with Gasteiger partial charge in [-0.15, -0.1) is 0 Å². The van der Waals surface area contributed by atoms with E-state index < -0.39 is 11.7 Å². The number of halogens is 3. The first-order chi connectivity index (χ1) is 15.8. The second-order valence-corrected chi connectivity index (χ2v) is 9.08. The van der Waals surface area contributed by atoms with E-state index in [1.54, 1.807) is 7.11 Å². The molecule has 2 aliphatic heterocycles. The Labute approximate surface area is 194 Å². The summed E-state index contributed by atoms with van der Waals surface area (Å²) in [5.74, 6) is 0.0295. The molecule has 9 heteroatoms. The minimum atomic E-state index is -4.33. The summed E-state index contributed by atoms with van der Waals surface area (Å²) in [5, 5.41) is 6.46. The molecule has 2 fully saturated rings. The smallest absolute Gasteiger partial charge is 0.383 e. The van der Waals surface area contributed by atoms with Crippen molar-refractivity contribution in [2.75, 3.05) is 46.4 Å². The van der Waals surface area contributed by atoms with Gasteiger partial charge in [0.05, 0.1) is 18.2 Å². The van der Waals surface area contributed by atoms with Crippen molar-refractivity contribution >= 4 is 5.91 Å². The zero-order valence-corrected chi connectivity index (χ0v) is 19.7. The maximum atomic E-state index is 12.9. The number of ether oxygens (including phenoxy) is 1. The predicted octanol–water partition coefficient (Wildman–Crippen LogP) is 2.87. The van der Waals surface area contributed by atoms with Gasteiger partial charge in [0.15, 0.2) is 0 Å². The molecule has 3 rings (SSSR count). The highest BCUT2D eigenvalue weighted by molar-refractivity contribution is 5.82. The average molecular weight is 471 g/mol. The molecule has 0 unspecified atom stereocenters. The molecular weight excluding hydrogens is 433 g/mol. The summed E-state index contributed by atoms with van der Waals surface area (Å²) in [4.78, 5) is 17.8. The van der Waals surface area contributed by atoms with Crippen molar-refractivity contribution in [3.63, 3.8) is 0 Å². The Bertz CT molecular complexity index is 736. The van der Waals surface area contributed by atoms with E-state index in [0.717, 1.165) is 63.1 Å². The van der Waals surface area contributed by atoms with E-state index in [9.17, 15) is 18.0 Å². The van der Waals surface area contributed by atoms with Crippen LogP contribution in [0.1, 0.15) is 43.7 Å². The number of carbonyl (C=O) groups excluding carboxylic acids is 1. The van der Waals surface area contributed by atoms with Crippen molar-refractivity contribution in [2.45, 2.75) is 63.5 Å². The van der Waals surface area contributed by atoms with Gasteiger partial charge in [0.1, 0.15) is 0 Å². The van der Waals surface area contributed by atoms with E-state index in [-0.39, 0.29) is 18.0 Å². The molecule has 1 aromatic rings. The monoisotopic (exact) mass is 470 g/mol. The molecular formula is C24H37F3N4O2. The summed E-state index contributed by atoms with van der Waals surface area (Å²) in [7, 11) is 1.61. The molecule has 0 spiro atoms. The van der Waals surface area contributed by atoms with E-state index in [1.807, 2.05) is 0 Å². The summed E-state index contributed by atoms with van der Waals surface area (Å²) in [6.07, 6.45) is -0.390. The molecule has 2 atom stereocenters. The van der Waals surface area contributed by atoms with Gasteiger partial charge in [0.2, 0.25) is 5.91 Å². The number of amides is 1. The van der Waals surface area contributed by atoms with Crippen LogP contribution in [0.2, 0.25) is 0 Å². The molecule has 0 aliphatic carbocycles. The van der Waals surface area contributed by atoms with Crippen molar-refractivity contribution in [2.24, 2.45) is 0 Å². The Morgan fingerprint density at radius 3 is 2.48 bits per heavy atom. The van der Waals surface area contributed by atoms with Gasteiger partial charge in [-0.3, -0.25) is 9.69 Å². The number of likely N-dealkylation sites (tertiary alicyclic amines) is 2. The third-order valence-electron chi connectivity index (χ3n) is 6.69. The van der Waals surface area contributed by atoms with Gasteiger partial charge < -0.3 is 20.3 Å². The number of nitrogens with zero attached hydrogens (tertiary/aromatic N) is 2. The quantitative estimate of drug-likeness (QED) is 0.515. The lowest BCUT2D eigenvalue weighted by Crippen LogP contribution is -2.51. The van der Waals surface area contributed by atoms with Crippen LogP contribution in [0.15, 0.2) is 24.3 Å². The lowest BCUT2D eigenvalue weighted by molar-refractivity contribution is -0.137. The number of nitrogens with one attached hydrogen (secondary N) is 2. The van der Waals surface area contributed by atoms with E-state index >= 15 is 0 Å². The van der Waals surface area contributed by atoms with Gasteiger partial charge in [-0.2, -0.15) is 13.2 Å². The van der Waals surface area contributed by atoms with Crippen LogP contribution in [0.5, 0.6) is 0 Å². The zero-order valence-electron chi connectivity index (χ0n) is 19.7. The number of carbonyl (C=O) groups is 1. The van der Waals surface area contributed by atoms with Crippen molar-refractivity contribution in [3.05, 3.63) is 35.4 Å². The highest BCUT2D eigenvalue weighted by atomic mass is 19.4. The van der Waals surface area contributed by atoms with Crippen LogP contribution in [-0.2, 0) is 22.3 Å². The molecule has 2 aliphatic rings. The number of piperidine rings is 1. The number of rotatable bonds is 10. The predicted molar refractivity (Wildman–Crippen MR) is 122 cm³/mol. The van der Waals surface area contributed by atoms with Gasteiger partial charge in [-0.05, 0) is 63.0 Å². The summed E-state index contributed by atoms with van der Waals surface area (Å²) in [6, 6.07) is 5.55. The van der Waals surface area contributed by atoms with Crippen LogP contribution >= 0.6 is 0 Å². The first kappa shape index (κ1) is 25.9. The molecule has 0 saturated carbocycles. The fraction of sp³-hybridized carbons (Fsp3) is 0.708. The third-order valence-corrected chi connectivity index (χ3v) is 6.69. The Morgan fingerprint density at radius 1 is 1.18 bits per heavy atom. The van der Waals surface area contributed by atoms with Crippen LogP contribution in [0, 0.1) is 0 Å². The summed E-state index contributed by atoms with van der Waals surface area (Å²) >= 11 is 0. The molecule has 0 radical (unpaired) electrons. The molecule has 2 heterocycles. The second-order valence-electron chi connectivity index (χ2n) is 9.08. The maximum Gasteiger partial charge on any atom is 0.416 e. The van der Waals surface area contributed by atoms with Gasteiger partial charge in [-0.1, -0.05) is 19.1 Å². The first-order valence-corrected chi connectivity index (χ1v) is 12.0. The first-order valence-electron chi connectivity index (χ1n) is 12.0. The summed E-state index contributed by atoms with van der Waals surface area (Å²) < 4.78 is 43.4. The van der Waals surface area contributed by atoms with E-state index in [0.29, 0.717) is 32.2 Å².